The first-order chi connectivity index (χ1) is 6.33. The molecule has 1 unspecified atom stereocenters. The predicted octanol–water partition coefficient (Wildman–Crippen LogP) is 1.27. The molecule has 1 amide bonds. The number of hydrogen-bond donors (Lipinski definition) is 2. The molecule has 0 spiro atoms. The van der Waals surface area contributed by atoms with Crippen molar-refractivity contribution in [2.45, 2.75) is 52.6 Å². The SMILES string of the molecule is CC(C)C[C@@H](N)C(=O)NC1CC1(C)C. The maximum atomic E-state index is 11.6. The van der Waals surface area contributed by atoms with Gasteiger partial charge in [0.1, 0.15) is 0 Å². The third kappa shape index (κ3) is 2.98. The minimum absolute atomic E-state index is 0.00859. The van der Waals surface area contributed by atoms with Gasteiger partial charge >= 0.3 is 0 Å². The Labute approximate surface area is 86.4 Å². The summed E-state index contributed by atoms with van der Waals surface area (Å²) in [7, 11) is 0. The highest BCUT2D eigenvalue weighted by molar-refractivity contribution is 5.82. The first-order valence-electron chi connectivity index (χ1n) is 5.39. The van der Waals surface area contributed by atoms with Crippen molar-refractivity contribution in [2.75, 3.05) is 0 Å². The lowest BCUT2D eigenvalue weighted by Crippen LogP contribution is -2.43. The molecule has 1 aliphatic carbocycles. The van der Waals surface area contributed by atoms with Crippen molar-refractivity contribution in [3.63, 3.8) is 0 Å². The summed E-state index contributed by atoms with van der Waals surface area (Å²) in [5.41, 5.74) is 6.06. The molecule has 3 N–H and O–H groups in total. The molecule has 1 saturated carbocycles. The van der Waals surface area contributed by atoms with E-state index in [0.717, 1.165) is 12.8 Å². The third-order valence-electron chi connectivity index (χ3n) is 2.89. The minimum Gasteiger partial charge on any atom is -0.351 e. The van der Waals surface area contributed by atoms with Crippen molar-refractivity contribution in [1.29, 1.82) is 0 Å². The Morgan fingerprint density at radius 2 is 2.07 bits per heavy atom. The molecule has 0 heterocycles. The van der Waals surface area contributed by atoms with E-state index in [2.05, 4.69) is 33.0 Å². The number of nitrogens with one attached hydrogen (secondary N) is 1. The Hall–Kier alpha value is -0.570. The number of nitrogens with two attached hydrogens (primary N) is 1. The van der Waals surface area contributed by atoms with E-state index in [4.69, 9.17) is 5.73 Å². The summed E-state index contributed by atoms with van der Waals surface area (Å²) in [6, 6.07) is -0.000359. The predicted molar refractivity (Wildman–Crippen MR) is 57.8 cm³/mol. The van der Waals surface area contributed by atoms with E-state index in [-0.39, 0.29) is 17.4 Å². The van der Waals surface area contributed by atoms with Crippen LogP contribution < -0.4 is 11.1 Å². The van der Waals surface area contributed by atoms with Gasteiger partial charge in [0, 0.05) is 6.04 Å². The van der Waals surface area contributed by atoms with Gasteiger partial charge in [0.25, 0.3) is 0 Å². The third-order valence-corrected chi connectivity index (χ3v) is 2.89. The summed E-state index contributed by atoms with van der Waals surface area (Å²) in [5.74, 6) is 0.484. The quantitative estimate of drug-likeness (QED) is 0.715. The van der Waals surface area contributed by atoms with Gasteiger partial charge in [-0.25, -0.2) is 0 Å². The van der Waals surface area contributed by atoms with Crippen LogP contribution in [0.2, 0.25) is 0 Å². The number of hydrogen-bond acceptors (Lipinski definition) is 2. The van der Waals surface area contributed by atoms with Crippen LogP contribution in [0.1, 0.15) is 40.5 Å². The van der Waals surface area contributed by atoms with Crippen molar-refractivity contribution in [3.8, 4) is 0 Å². The van der Waals surface area contributed by atoms with E-state index in [0.29, 0.717) is 12.0 Å². The molecular formula is C11H22N2O. The highest BCUT2D eigenvalue weighted by Gasteiger charge is 2.46. The van der Waals surface area contributed by atoms with Crippen LogP contribution in [0.15, 0.2) is 0 Å². The molecule has 0 aliphatic heterocycles. The van der Waals surface area contributed by atoms with Crippen molar-refractivity contribution in [2.24, 2.45) is 17.1 Å². The zero-order valence-corrected chi connectivity index (χ0v) is 9.63. The van der Waals surface area contributed by atoms with E-state index in [1.807, 2.05) is 0 Å². The molecule has 3 heteroatoms. The summed E-state index contributed by atoms with van der Waals surface area (Å²) in [5, 5.41) is 2.99. The lowest BCUT2D eigenvalue weighted by atomic mass is 10.0. The molecule has 0 radical (unpaired) electrons. The Balaban J connectivity index is 2.29. The molecule has 14 heavy (non-hydrogen) atoms. The Morgan fingerprint density at radius 3 is 2.43 bits per heavy atom. The Morgan fingerprint density at radius 1 is 1.57 bits per heavy atom. The van der Waals surface area contributed by atoms with Gasteiger partial charge in [0.15, 0.2) is 0 Å². The fourth-order valence-electron chi connectivity index (χ4n) is 1.61. The highest BCUT2D eigenvalue weighted by Crippen LogP contribution is 2.44. The van der Waals surface area contributed by atoms with Gasteiger partial charge in [0.05, 0.1) is 6.04 Å². The summed E-state index contributed by atoms with van der Waals surface area (Å²) in [6.07, 6.45) is 1.84. The second-order valence-corrected chi connectivity index (χ2v) is 5.49. The van der Waals surface area contributed by atoms with Gasteiger partial charge in [-0.15, -0.1) is 0 Å². The van der Waals surface area contributed by atoms with E-state index >= 15 is 0 Å². The van der Waals surface area contributed by atoms with E-state index in [9.17, 15) is 4.79 Å². The van der Waals surface area contributed by atoms with Gasteiger partial charge in [-0.05, 0) is 24.2 Å². The smallest absolute Gasteiger partial charge is 0.237 e. The van der Waals surface area contributed by atoms with Crippen LogP contribution >= 0.6 is 0 Å². The van der Waals surface area contributed by atoms with Gasteiger partial charge in [0.2, 0.25) is 5.91 Å². The first kappa shape index (κ1) is 11.5. The molecule has 1 fully saturated rings. The molecule has 0 bridgehead atoms. The van der Waals surface area contributed by atoms with Crippen LogP contribution in [0.3, 0.4) is 0 Å². The van der Waals surface area contributed by atoms with Crippen LogP contribution in [-0.2, 0) is 4.79 Å². The molecule has 0 aromatic carbocycles. The summed E-state index contributed by atoms with van der Waals surface area (Å²) in [6.45, 7) is 8.47. The van der Waals surface area contributed by atoms with Crippen LogP contribution in [0.25, 0.3) is 0 Å². The van der Waals surface area contributed by atoms with E-state index in [1.54, 1.807) is 0 Å². The molecule has 0 aromatic heterocycles. The maximum absolute atomic E-state index is 11.6. The Kier molecular flexibility index (Phi) is 3.20. The summed E-state index contributed by atoms with van der Waals surface area (Å²) >= 11 is 0. The van der Waals surface area contributed by atoms with Crippen molar-refractivity contribution < 1.29 is 4.79 Å². The van der Waals surface area contributed by atoms with Crippen molar-refractivity contribution in [3.05, 3.63) is 0 Å². The normalized spacial score (nSPS) is 26.0. The second-order valence-electron chi connectivity index (χ2n) is 5.49. The average molecular weight is 198 g/mol. The number of carbonyl (C=O) groups excluding carboxylic acids is 1. The van der Waals surface area contributed by atoms with Crippen LogP contribution in [0.4, 0.5) is 0 Å². The van der Waals surface area contributed by atoms with E-state index in [1.165, 1.54) is 0 Å². The van der Waals surface area contributed by atoms with Gasteiger partial charge in [-0.2, -0.15) is 0 Å². The van der Waals surface area contributed by atoms with Crippen LogP contribution in [-0.4, -0.2) is 18.0 Å². The van der Waals surface area contributed by atoms with E-state index < -0.39 is 0 Å². The Bertz CT molecular complexity index is 223. The molecule has 1 rings (SSSR count). The van der Waals surface area contributed by atoms with Gasteiger partial charge in [-0.1, -0.05) is 27.7 Å². The number of amides is 1. The largest absolute Gasteiger partial charge is 0.351 e. The zero-order valence-electron chi connectivity index (χ0n) is 9.63. The fraction of sp³-hybridized carbons (Fsp3) is 0.909. The highest BCUT2D eigenvalue weighted by atomic mass is 16.2. The fourth-order valence-corrected chi connectivity index (χ4v) is 1.61. The van der Waals surface area contributed by atoms with Crippen LogP contribution in [0.5, 0.6) is 0 Å². The second kappa shape index (κ2) is 3.89. The summed E-state index contributed by atoms with van der Waals surface area (Å²) < 4.78 is 0. The maximum Gasteiger partial charge on any atom is 0.237 e. The topological polar surface area (TPSA) is 55.1 Å². The zero-order chi connectivity index (χ0) is 10.9. The monoisotopic (exact) mass is 198 g/mol. The summed E-state index contributed by atoms with van der Waals surface area (Å²) in [4.78, 5) is 11.6. The minimum atomic E-state index is -0.341. The standard InChI is InChI=1S/C11H22N2O/c1-7(2)5-8(12)10(14)13-9-6-11(9,3)4/h7-9H,5-6,12H2,1-4H3,(H,13,14)/t8-,9?/m1/s1. The molecule has 2 atom stereocenters. The van der Waals surface area contributed by atoms with Crippen molar-refractivity contribution in [1.82, 2.24) is 5.32 Å². The number of rotatable bonds is 4. The molecule has 3 nitrogen and oxygen atoms in total. The average Bonchev–Trinajstić information content (AvgIpc) is 2.56. The molecule has 1 aliphatic rings. The van der Waals surface area contributed by atoms with Gasteiger partial charge in [-0.3, -0.25) is 4.79 Å². The lowest BCUT2D eigenvalue weighted by Gasteiger charge is -2.14. The molecule has 82 valence electrons. The molecular weight excluding hydrogens is 176 g/mol. The number of carbonyl (C=O) groups is 1. The lowest BCUT2D eigenvalue weighted by molar-refractivity contribution is -0.123. The van der Waals surface area contributed by atoms with Crippen LogP contribution in [0, 0.1) is 11.3 Å². The molecule has 0 aromatic rings. The molecule has 0 saturated heterocycles. The van der Waals surface area contributed by atoms with Crippen molar-refractivity contribution >= 4 is 5.91 Å². The first-order valence-corrected chi connectivity index (χ1v) is 5.39. The van der Waals surface area contributed by atoms with Gasteiger partial charge < -0.3 is 11.1 Å².